The lowest BCUT2D eigenvalue weighted by atomic mass is 9.79. The van der Waals surface area contributed by atoms with Gasteiger partial charge in [-0.25, -0.2) is 4.98 Å². The molecule has 0 radical (unpaired) electrons. The molecule has 29 heavy (non-hydrogen) atoms. The molecular weight excluding hydrogens is 362 g/mol. The number of benzene rings is 1. The molecule has 1 aromatic heterocycles. The third kappa shape index (κ3) is 4.25. The summed E-state index contributed by atoms with van der Waals surface area (Å²) in [6.07, 6.45) is 5.59. The molecule has 5 nitrogen and oxygen atoms in total. The number of oxazole rings is 1. The molecule has 2 saturated heterocycles. The van der Waals surface area contributed by atoms with E-state index in [0.29, 0.717) is 23.8 Å². The minimum Gasteiger partial charge on any atom is -0.448 e. The Labute approximate surface area is 174 Å². The van der Waals surface area contributed by atoms with Crippen molar-refractivity contribution >= 4 is 5.91 Å². The van der Waals surface area contributed by atoms with Crippen LogP contribution in [0.15, 0.2) is 35.1 Å². The Morgan fingerprint density at radius 3 is 2.69 bits per heavy atom. The maximum absolute atomic E-state index is 13.0. The number of likely N-dealkylation sites (tertiary alicyclic amines) is 2. The highest BCUT2D eigenvalue weighted by Crippen LogP contribution is 2.40. The van der Waals surface area contributed by atoms with Crippen molar-refractivity contribution < 1.29 is 9.21 Å². The highest BCUT2D eigenvalue weighted by molar-refractivity contribution is 5.93. The van der Waals surface area contributed by atoms with Gasteiger partial charge in [0.05, 0.1) is 0 Å². The topological polar surface area (TPSA) is 49.6 Å². The summed E-state index contributed by atoms with van der Waals surface area (Å²) >= 11 is 0. The van der Waals surface area contributed by atoms with E-state index in [4.69, 9.17) is 4.42 Å². The molecule has 2 fully saturated rings. The molecule has 0 N–H and O–H groups in total. The van der Waals surface area contributed by atoms with Gasteiger partial charge in [-0.05, 0) is 42.9 Å². The van der Waals surface area contributed by atoms with Crippen molar-refractivity contribution in [3.05, 3.63) is 53.2 Å². The molecule has 1 spiro atoms. The Balaban J connectivity index is 1.39. The van der Waals surface area contributed by atoms with E-state index in [-0.39, 0.29) is 11.3 Å². The number of rotatable bonds is 5. The van der Waals surface area contributed by atoms with Crippen molar-refractivity contribution in [1.82, 2.24) is 14.8 Å². The standard InChI is InChI=1S/C24H33N3O2/c1-4-21-22(25-17-29-21)23(28)27-13-11-24(16-27)10-5-12-26(15-24)14-19-6-8-20(9-7-19)18(2)3/h6-9,17-18H,4-5,10-16H2,1-3H3/t24-/m0/s1. The lowest BCUT2D eigenvalue weighted by Gasteiger charge is -2.40. The minimum atomic E-state index is 0.0360. The summed E-state index contributed by atoms with van der Waals surface area (Å²) in [7, 11) is 0. The van der Waals surface area contributed by atoms with Gasteiger partial charge in [-0.1, -0.05) is 45.0 Å². The Kier molecular flexibility index (Phi) is 5.77. The molecule has 1 amide bonds. The van der Waals surface area contributed by atoms with Crippen LogP contribution in [0.1, 0.15) is 73.3 Å². The molecule has 2 aliphatic rings. The van der Waals surface area contributed by atoms with Crippen LogP contribution >= 0.6 is 0 Å². The zero-order valence-corrected chi connectivity index (χ0v) is 18.0. The van der Waals surface area contributed by atoms with Gasteiger partial charge in [0.25, 0.3) is 5.91 Å². The van der Waals surface area contributed by atoms with Gasteiger partial charge < -0.3 is 9.32 Å². The SMILES string of the molecule is CCc1ocnc1C(=O)N1CC[C@]2(CCCN(Cc3ccc(C(C)C)cc3)C2)C1. The average Bonchev–Trinajstić information content (AvgIpc) is 3.35. The second-order valence-corrected chi connectivity index (χ2v) is 9.16. The minimum absolute atomic E-state index is 0.0360. The van der Waals surface area contributed by atoms with E-state index >= 15 is 0 Å². The smallest absolute Gasteiger partial charge is 0.276 e. The number of amides is 1. The first-order valence-corrected chi connectivity index (χ1v) is 11.0. The van der Waals surface area contributed by atoms with Gasteiger partial charge in [-0.15, -0.1) is 0 Å². The van der Waals surface area contributed by atoms with Crippen molar-refractivity contribution in [2.24, 2.45) is 5.41 Å². The van der Waals surface area contributed by atoms with Gasteiger partial charge in [-0.2, -0.15) is 0 Å². The maximum Gasteiger partial charge on any atom is 0.276 e. The first-order chi connectivity index (χ1) is 14.0. The van der Waals surface area contributed by atoms with Gasteiger partial charge in [0.2, 0.25) is 0 Å². The van der Waals surface area contributed by atoms with Crippen molar-refractivity contribution in [1.29, 1.82) is 0 Å². The monoisotopic (exact) mass is 395 g/mol. The molecule has 2 aromatic rings. The largest absolute Gasteiger partial charge is 0.448 e. The van der Waals surface area contributed by atoms with E-state index < -0.39 is 0 Å². The molecule has 4 rings (SSSR count). The normalized spacial score (nSPS) is 22.7. The molecule has 156 valence electrons. The Morgan fingerprint density at radius 1 is 1.17 bits per heavy atom. The number of nitrogens with zero attached hydrogens (tertiary/aromatic N) is 3. The summed E-state index contributed by atoms with van der Waals surface area (Å²) in [6, 6.07) is 9.08. The van der Waals surface area contributed by atoms with Crippen LogP contribution in [0.25, 0.3) is 0 Å². The van der Waals surface area contributed by atoms with E-state index in [1.165, 1.54) is 30.4 Å². The summed E-state index contributed by atoms with van der Waals surface area (Å²) in [5, 5.41) is 0. The number of carbonyl (C=O) groups is 1. The van der Waals surface area contributed by atoms with E-state index in [2.05, 4.69) is 48.0 Å². The van der Waals surface area contributed by atoms with Crippen LogP contribution in [0, 0.1) is 5.41 Å². The Morgan fingerprint density at radius 2 is 1.97 bits per heavy atom. The van der Waals surface area contributed by atoms with E-state index in [1.54, 1.807) is 0 Å². The fraction of sp³-hybridized carbons (Fsp3) is 0.583. The molecule has 1 atom stereocenters. The number of hydrogen-bond acceptors (Lipinski definition) is 4. The summed E-state index contributed by atoms with van der Waals surface area (Å²) < 4.78 is 5.37. The number of piperidine rings is 1. The molecule has 1 aromatic carbocycles. The summed E-state index contributed by atoms with van der Waals surface area (Å²) in [6.45, 7) is 11.3. The third-order valence-electron chi connectivity index (χ3n) is 6.68. The van der Waals surface area contributed by atoms with E-state index in [0.717, 1.165) is 39.1 Å². The highest BCUT2D eigenvalue weighted by atomic mass is 16.3. The van der Waals surface area contributed by atoms with Crippen molar-refractivity contribution in [2.75, 3.05) is 26.2 Å². The Bertz CT molecular complexity index is 842. The van der Waals surface area contributed by atoms with Gasteiger partial charge in [-0.3, -0.25) is 9.69 Å². The number of aryl methyl sites for hydroxylation is 1. The predicted molar refractivity (Wildman–Crippen MR) is 114 cm³/mol. The second kappa shape index (κ2) is 8.31. The van der Waals surface area contributed by atoms with E-state index in [1.807, 2.05) is 11.8 Å². The van der Waals surface area contributed by atoms with Crippen molar-refractivity contribution in [3.8, 4) is 0 Å². The van der Waals surface area contributed by atoms with Crippen molar-refractivity contribution in [2.45, 2.75) is 58.9 Å². The van der Waals surface area contributed by atoms with Crippen molar-refractivity contribution in [3.63, 3.8) is 0 Å². The van der Waals surface area contributed by atoms with Gasteiger partial charge in [0.1, 0.15) is 5.76 Å². The quantitative estimate of drug-likeness (QED) is 0.748. The molecular formula is C24H33N3O2. The van der Waals surface area contributed by atoms with Crippen LogP contribution in [0.3, 0.4) is 0 Å². The van der Waals surface area contributed by atoms with Crippen LogP contribution in [-0.2, 0) is 13.0 Å². The zero-order chi connectivity index (χ0) is 20.4. The fourth-order valence-corrected chi connectivity index (χ4v) is 5.00. The van der Waals surface area contributed by atoms with Crippen LogP contribution in [0.4, 0.5) is 0 Å². The molecule has 2 aliphatic heterocycles. The lowest BCUT2D eigenvalue weighted by molar-refractivity contribution is 0.0670. The third-order valence-corrected chi connectivity index (χ3v) is 6.68. The molecule has 0 saturated carbocycles. The van der Waals surface area contributed by atoms with Crippen LogP contribution < -0.4 is 0 Å². The highest BCUT2D eigenvalue weighted by Gasteiger charge is 2.43. The van der Waals surface area contributed by atoms with Crippen LogP contribution in [-0.4, -0.2) is 46.9 Å². The van der Waals surface area contributed by atoms with Gasteiger partial charge >= 0.3 is 0 Å². The summed E-state index contributed by atoms with van der Waals surface area (Å²) in [5.74, 6) is 1.31. The lowest BCUT2D eigenvalue weighted by Crippen LogP contribution is -2.45. The average molecular weight is 396 g/mol. The molecule has 3 heterocycles. The van der Waals surface area contributed by atoms with Crippen LogP contribution in [0.5, 0.6) is 0 Å². The molecule has 0 aliphatic carbocycles. The summed E-state index contributed by atoms with van der Waals surface area (Å²) in [5.41, 5.74) is 3.50. The van der Waals surface area contributed by atoms with Gasteiger partial charge in [0.15, 0.2) is 12.1 Å². The molecule has 0 unspecified atom stereocenters. The first kappa shape index (κ1) is 20.1. The van der Waals surface area contributed by atoms with Crippen LogP contribution in [0.2, 0.25) is 0 Å². The number of hydrogen-bond donors (Lipinski definition) is 0. The van der Waals surface area contributed by atoms with E-state index in [9.17, 15) is 4.79 Å². The molecule has 0 bridgehead atoms. The molecule has 5 heteroatoms. The fourth-order valence-electron chi connectivity index (χ4n) is 5.00. The Hall–Kier alpha value is -2.14. The first-order valence-electron chi connectivity index (χ1n) is 11.0. The second-order valence-electron chi connectivity index (χ2n) is 9.16. The maximum atomic E-state index is 13.0. The van der Waals surface area contributed by atoms with Gasteiger partial charge in [0, 0.05) is 38.0 Å². The summed E-state index contributed by atoms with van der Waals surface area (Å²) in [4.78, 5) is 21.7. The predicted octanol–water partition coefficient (Wildman–Crippen LogP) is 4.49. The number of carbonyl (C=O) groups excluding carboxylic acids is 1. The zero-order valence-electron chi connectivity index (χ0n) is 18.0. The number of aromatic nitrogens is 1.